The number of fused-ring (bicyclic) bond motifs is 1. The second-order valence-electron chi connectivity index (χ2n) is 15.3. The molecule has 1 fully saturated rings. The summed E-state index contributed by atoms with van der Waals surface area (Å²) in [6, 6.07) is 11.8. The first-order chi connectivity index (χ1) is 28.5. The second kappa shape index (κ2) is 24.6. The summed E-state index contributed by atoms with van der Waals surface area (Å²) in [4.78, 5) is 14.6. The van der Waals surface area contributed by atoms with Crippen LogP contribution < -0.4 is 10.5 Å². The molecule has 0 spiro atoms. The predicted octanol–water partition coefficient (Wildman–Crippen LogP) is 7.03. The highest BCUT2D eigenvalue weighted by atomic mass is 31.2. The quantitative estimate of drug-likeness (QED) is 0.0389. The standard InChI is InChI=1S/C42H63N6O10P/c1-3-4-5-6-7-8-9-10-11-12-13-14-15-16-17-18-23-54-27-35(55-26-34-20-19-33(25-43)24-37(34)53-2)28-57-59(51,52)58-30-41(29-44)40(49)42(50,31-56-41)38-22-21-36-39(45)46-32-47-48(36)38/h19-22,24,32,35,40,49-50H,3-18,23,26-28,30-31H2,1-2H3,(H,51,52)(H2,45,46,47)/t35-,40+,41+,42+/m0/s1. The summed E-state index contributed by atoms with van der Waals surface area (Å²) in [5, 5.41) is 46.2. The normalized spacial score (nSPS) is 20.6. The smallest absolute Gasteiger partial charge is 0.472 e. The van der Waals surface area contributed by atoms with Gasteiger partial charge in [-0.15, -0.1) is 0 Å². The Balaban J connectivity index is 1.23. The number of rotatable bonds is 30. The van der Waals surface area contributed by atoms with E-state index in [4.69, 9.17) is 33.7 Å². The Hall–Kier alpha value is -3.67. The monoisotopic (exact) mass is 842 g/mol. The van der Waals surface area contributed by atoms with E-state index in [2.05, 4.69) is 23.1 Å². The first-order valence-corrected chi connectivity index (χ1v) is 22.4. The summed E-state index contributed by atoms with van der Waals surface area (Å²) >= 11 is 0. The van der Waals surface area contributed by atoms with Crippen LogP contribution in [0.3, 0.4) is 0 Å². The topological polar surface area (TPSA) is 237 Å². The zero-order valence-corrected chi connectivity index (χ0v) is 35.5. The molecule has 3 heterocycles. The SMILES string of the molecule is CCCCCCCCCCCCCCCCCCOC[C@@H](COP(=O)(O)OC[C@@]1(C#N)OC[C@@](O)(c2ccc3c(N)ncnn23)[C@@H]1O)OCc1ccc(C#N)cc1OC. The van der Waals surface area contributed by atoms with Crippen molar-refractivity contribution in [3.05, 3.63) is 53.5 Å². The number of aromatic nitrogens is 3. The molecule has 1 unspecified atom stereocenters. The molecule has 1 aromatic carbocycles. The fraction of sp³-hybridized carbons (Fsp3) is 0.667. The number of nitriles is 2. The molecular formula is C42H63N6O10P. The molecule has 5 atom stereocenters. The van der Waals surface area contributed by atoms with Gasteiger partial charge >= 0.3 is 7.82 Å². The van der Waals surface area contributed by atoms with Crippen molar-refractivity contribution in [3.63, 3.8) is 0 Å². The number of aliphatic hydroxyl groups excluding tert-OH is 1. The lowest BCUT2D eigenvalue weighted by Gasteiger charge is -2.30. The van der Waals surface area contributed by atoms with Gasteiger partial charge in [0.1, 0.15) is 42.5 Å². The minimum absolute atomic E-state index is 0.0169. The number of nitrogens with zero attached hydrogens (tertiary/aromatic N) is 5. The van der Waals surface area contributed by atoms with E-state index < -0.39 is 51.1 Å². The summed E-state index contributed by atoms with van der Waals surface area (Å²) in [7, 11) is -3.41. The van der Waals surface area contributed by atoms with Crippen LogP contribution in [-0.2, 0) is 40.0 Å². The van der Waals surface area contributed by atoms with Crippen LogP contribution >= 0.6 is 7.82 Å². The molecule has 16 nitrogen and oxygen atoms in total. The van der Waals surface area contributed by atoms with Crippen LogP contribution in [-0.4, -0.2) is 87.7 Å². The number of phosphoric ester groups is 1. The van der Waals surface area contributed by atoms with E-state index in [1.54, 1.807) is 24.3 Å². The van der Waals surface area contributed by atoms with Gasteiger partial charge in [-0.3, -0.25) is 9.05 Å². The molecule has 0 amide bonds. The number of hydrogen-bond acceptors (Lipinski definition) is 14. The molecular weight excluding hydrogens is 779 g/mol. The fourth-order valence-electron chi connectivity index (χ4n) is 7.17. The zero-order valence-electron chi connectivity index (χ0n) is 34.6. The van der Waals surface area contributed by atoms with Gasteiger partial charge in [0.25, 0.3) is 0 Å². The van der Waals surface area contributed by atoms with Crippen molar-refractivity contribution < 1.29 is 47.7 Å². The molecule has 1 aliphatic rings. The van der Waals surface area contributed by atoms with E-state index in [9.17, 15) is 30.2 Å². The third kappa shape index (κ3) is 14.2. The highest BCUT2D eigenvalue weighted by molar-refractivity contribution is 7.47. The number of nitrogen functional groups attached to an aromatic ring is 1. The number of benzene rings is 1. The Morgan fingerprint density at radius 2 is 1.61 bits per heavy atom. The number of ether oxygens (including phenoxy) is 4. The van der Waals surface area contributed by atoms with E-state index in [1.807, 2.05) is 0 Å². The van der Waals surface area contributed by atoms with Crippen LogP contribution in [0, 0.1) is 22.7 Å². The number of methoxy groups -OCH3 is 1. The lowest BCUT2D eigenvalue weighted by Crippen LogP contribution is -2.50. The molecule has 1 aliphatic heterocycles. The van der Waals surface area contributed by atoms with Crippen molar-refractivity contribution in [3.8, 4) is 17.9 Å². The van der Waals surface area contributed by atoms with Gasteiger partial charge in [-0.2, -0.15) is 15.6 Å². The third-order valence-corrected chi connectivity index (χ3v) is 11.7. The van der Waals surface area contributed by atoms with Crippen LogP contribution in [0.1, 0.15) is 126 Å². The minimum atomic E-state index is -4.89. The first kappa shape index (κ1) is 48.0. The summed E-state index contributed by atoms with van der Waals surface area (Å²) in [5.74, 6) is 0.565. The Labute approximate surface area is 348 Å². The van der Waals surface area contributed by atoms with Gasteiger partial charge in [0, 0.05) is 12.2 Å². The molecule has 0 radical (unpaired) electrons. The Morgan fingerprint density at radius 3 is 2.22 bits per heavy atom. The number of unbranched alkanes of at least 4 members (excludes halogenated alkanes) is 15. The van der Waals surface area contributed by atoms with Gasteiger partial charge in [0.05, 0.1) is 50.9 Å². The maximum atomic E-state index is 13.1. The molecule has 3 aromatic rings. The van der Waals surface area contributed by atoms with Crippen molar-refractivity contribution in [2.24, 2.45) is 0 Å². The van der Waals surface area contributed by atoms with Crippen LogP contribution in [0.2, 0.25) is 0 Å². The van der Waals surface area contributed by atoms with Crippen molar-refractivity contribution >= 4 is 19.2 Å². The van der Waals surface area contributed by atoms with Crippen molar-refractivity contribution in [1.29, 1.82) is 10.5 Å². The largest absolute Gasteiger partial charge is 0.496 e. The van der Waals surface area contributed by atoms with Crippen LogP contribution in [0.4, 0.5) is 5.82 Å². The average molecular weight is 843 g/mol. The van der Waals surface area contributed by atoms with Crippen molar-refractivity contribution in [1.82, 2.24) is 14.6 Å². The molecule has 5 N–H and O–H groups in total. The Kier molecular flexibility index (Phi) is 20.0. The number of hydrogen-bond donors (Lipinski definition) is 4. The van der Waals surface area contributed by atoms with Gasteiger partial charge in [-0.05, 0) is 30.7 Å². The van der Waals surface area contributed by atoms with E-state index in [-0.39, 0.29) is 24.7 Å². The highest BCUT2D eigenvalue weighted by Gasteiger charge is 2.61. The summed E-state index contributed by atoms with van der Waals surface area (Å²) in [6.07, 6.45) is 18.6. The molecule has 0 bridgehead atoms. The van der Waals surface area contributed by atoms with Gasteiger partial charge in [0.2, 0.25) is 5.60 Å². The van der Waals surface area contributed by atoms with Crippen LogP contribution in [0.5, 0.6) is 5.75 Å². The Morgan fingerprint density at radius 1 is 0.966 bits per heavy atom. The number of nitrogens with two attached hydrogens (primary N) is 1. The maximum Gasteiger partial charge on any atom is 0.472 e. The molecule has 4 rings (SSSR count). The summed E-state index contributed by atoms with van der Waals surface area (Å²) in [6.45, 7) is 0.842. The molecule has 17 heteroatoms. The van der Waals surface area contributed by atoms with Gasteiger partial charge in [-0.1, -0.05) is 109 Å². The number of aliphatic hydroxyl groups is 2. The predicted molar refractivity (Wildman–Crippen MR) is 220 cm³/mol. The number of phosphoric acid groups is 1. The van der Waals surface area contributed by atoms with Crippen molar-refractivity contribution in [2.75, 3.05) is 45.9 Å². The lowest BCUT2D eigenvalue weighted by atomic mass is 9.86. The lowest BCUT2D eigenvalue weighted by molar-refractivity contribution is -0.0849. The van der Waals surface area contributed by atoms with Gasteiger partial charge in [0.15, 0.2) is 11.4 Å². The molecule has 2 aromatic heterocycles. The molecule has 59 heavy (non-hydrogen) atoms. The zero-order chi connectivity index (χ0) is 42.6. The summed E-state index contributed by atoms with van der Waals surface area (Å²) in [5.41, 5.74) is 2.96. The van der Waals surface area contributed by atoms with Crippen LogP contribution in [0.25, 0.3) is 5.52 Å². The van der Waals surface area contributed by atoms with E-state index in [0.717, 1.165) is 19.3 Å². The Bertz CT molecular complexity index is 1850. The average Bonchev–Trinajstić information content (AvgIpc) is 3.80. The molecule has 0 aliphatic carbocycles. The van der Waals surface area contributed by atoms with E-state index in [0.29, 0.717) is 29.0 Å². The van der Waals surface area contributed by atoms with E-state index in [1.165, 1.54) is 114 Å². The first-order valence-electron chi connectivity index (χ1n) is 20.9. The molecule has 1 saturated heterocycles. The maximum absolute atomic E-state index is 13.1. The van der Waals surface area contributed by atoms with Gasteiger partial charge in [-0.25, -0.2) is 14.1 Å². The minimum Gasteiger partial charge on any atom is -0.496 e. The highest BCUT2D eigenvalue weighted by Crippen LogP contribution is 2.48. The fourth-order valence-corrected chi connectivity index (χ4v) is 7.95. The summed E-state index contributed by atoms with van der Waals surface area (Å²) < 4.78 is 47.9. The molecule has 0 saturated carbocycles. The van der Waals surface area contributed by atoms with Gasteiger partial charge < -0.3 is 39.8 Å². The van der Waals surface area contributed by atoms with Crippen molar-refractivity contribution in [2.45, 2.75) is 140 Å². The van der Waals surface area contributed by atoms with E-state index >= 15 is 0 Å². The van der Waals surface area contributed by atoms with Crippen LogP contribution in [0.15, 0.2) is 36.7 Å². The second-order valence-corrected chi connectivity index (χ2v) is 16.7. The third-order valence-electron chi connectivity index (χ3n) is 10.8. The molecule has 326 valence electrons. The number of anilines is 1.